The van der Waals surface area contributed by atoms with E-state index < -0.39 is 0 Å². The minimum absolute atomic E-state index is 0.639. The summed E-state index contributed by atoms with van der Waals surface area (Å²) in [4.78, 5) is 24.6. The highest BCUT2D eigenvalue weighted by Crippen LogP contribution is 2.31. The summed E-state index contributed by atoms with van der Waals surface area (Å²) in [5, 5.41) is 2.23. The van der Waals surface area contributed by atoms with E-state index >= 15 is 0 Å². The molecule has 0 saturated heterocycles. The van der Waals surface area contributed by atoms with E-state index in [1.807, 2.05) is 67.6 Å². The monoisotopic (exact) mass is 591 g/mol. The lowest BCUT2D eigenvalue weighted by molar-refractivity contribution is 1.07. The van der Waals surface area contributed by atoms with E-state index in [2.05, 4.69) is 85.8 Å². The first-order valence-corrected chi connectivity index (χ1v) is 15.3. The SMILES string of the molecule is Cc1cc(C)c2ccc3ccc(-c4cccc(-c5ccc(-c6nc(-c7ccccc7)nc(-c7ccccc7)n6)cc5)c4)nc3c2n1. The van der Waals surface area contributed by atoms with Crippen LogP contribution in [0.2, 0.25) is 0 Å². The molecule has 0 N–H and O–H groups in total. The maximum absolute atomic E-state index is 5.13. The van der Waals surface area contributed by atoms with Gasteiger partial charge in [0.15, 0.2) is 17.5 Å². The van der Waals surface area contributed by atoms with Crippen LogP contribution in [0.3, 0.4) is 0 Å². The Morgan fingerprint density at radius 1 is 0.370 bits per heavy atom. The Bertz CT molecular complexity index is 2310. The van der Waals surface area contributed by atoms with Crippen molar-refractivity contribution >= 4 is 21.8 Å². The quantitative estimate of drug-likeness (QED) is 0.186. The van der Waals surface area contributed by atoms with E-state index in [-0.39, 0.29) is 0 Å². The number of hydrogen-bond acceptors (Lipinski definition) is 5. The van der Waals surface area contributed by atoms with Crippen molar-refractivity contribution in [2.75, 3.05) is 0 Å². The number of aromatic nitrogens is 5. The van der Waals surface area contributed by atoms with Gasteiger partial charge in [0.25, 0.3) is 0 Å². The van der Waals surface area contributed by atoms with Gasteiger partial charge < -0.3 is 0 Å². The minimum atomic E-state index is 0.639. The first-order chi connectivity index (χ1) is 22.6. The van der Waals surface area contributed by atoms with Gasteiger partial charge in [-0.3, -0.25) is 4.98 Å². The first-order valence-electron chi connectivity index (χ1n) is 15.3. The molecule has 46 heavy (non-hydrogen) atoms. The molecule has 0 bridgehead atoms. The highest BCUT2D eigenvalue weighted by atomic mass is 15.0. The van der Waals surface area contributed by atoms with Crippen LogP contribution in [-0.4, -0.2) is 24.9 Å². The van der Waals surface area contributed by atoms with Crippen molar-refractivity contribution in [1.29, 1.82) is 0 Å². The third-order valence-electron chi connectivity index (χ3n) is 8.31. The van der Waals surface area contributed by atoms with Gasteiger partial charge in [0.1, 0.15) is 0 Å². The number of aryl methyl sites for hydroxylation is 2. The first kappa shape index (κ1) is 27.5. The van der Waals surface area contributed by atoms with E-state index in [0.717, 1.165) is 66.6 Å². The largest absolute Gasteiger partial charge is 0.251 e. The maximum Gasteiger partial charge on any atom is 0.164 e. The van der Waals surface area contributed by atoms with Crippen LogP contribution in [0.15, 0.2) is 140 Å². The summed E-state index contributed by atoms with van der Waals surface area (Å²) in [5.74, 6) is 1.94. The van der Waals surface area contributed by atoms with Gasteiger partial charge in [-0.2, -0.15) is 0 Å². The summed E-state index contributed by atoms with van der Waals surface area (Å²) in [6.45, 7) is 4.17. The molecular formula is C41H29N5. The van der Waals surface area contributed by atoms with E-state index in [0.29, 0.717) is 17.5 Å². The third kappa shape index (κ3) is 5.18. The molecule has 0 fully saturated rings. The van der Waals surface area contributed by atoms with Crippen LogP contribution in [-0.2, 0) is 0 Å². The normalized spacial score (nSPS) is 11.3. The molecule has 3 heterocycles. The number of rotatable bonds is 5. The lowest BCUT2D eigenvalue weighted by Gasteiger charge is -2.10. The summed E-state index contributed by atoms with van der Waals surface area (Å²) in [7, 11) is 0. The topological polar surface area (TPSA) is 64.5 Å². The summed E-state index contributed by atoms with van der Waals surface area (Å²) in [5.41, 5.74) is 11.1. The fraction of sp³-hybridized carbons (Fsp3) is 0.0488. The zero-order chi connectivity index (χ0) is 31.0. The van der Waals surface area contributed by atoms with Crippen molar-refractivity contribution in [2.24, 2.45) is 0 Å². The molecule has 5 aromatic carbocycles. The predicted octanol–water partition coefficient (Wildman–Crippen LogP) is 9.92. The molecular weight excluding hydrogens is 562 g/mol. The standard InChI is InChI=1S/C41H29N5/c1-26-24-27(2)42-38-35(26)22-20-29-21-23-36(43-37(29)38)34-15-9-14-33(25-34)28-16-18-32(19-17-28)41-45-39(30-10-5-3-6-11-30)44-40(46-41)31-12-7-4-8-13-31/h3-25H,1-2H3. The summed E-state index contributed by atoms with van der Waals surface area (Å²) in [6, 6.07) is 47.6. The minimum Gasteiger partial charge on any atom is -0.251 e. The van der Waals surface area contributed by atoms with Crippen molar-refractivity contribution in [1.82, 2.24) is 24.9 Å². The number of benzene rings is 5. The molecule has 0 aliphatic rings. The maximum atomic E-state index is 5.13. The van der Waals surface area contributed by atoms with Crippen molar-refractivity contribution in [3.8, 4) is 56.5 Å². The molecule has 0 spiro atoms. The van der Waals surface area contributed by atoms with Crippen LogP contribution >= 0.6 is 0 Å². The van der Waals surface area contributed by atoms with Crippen LogP contribution < -0.4 is 0 Å². The smallest absolute Gasteiger partial charge is 0.164 e. The zero-order valence-corrected chi connectivity index (χ0v) is 25.5. The van der Waals surface area contributed by atoms with Crippen LogP contribution in [0.4, 0.5) is 0 Å². The van der Waals surface area contributed by atoms with Crippen LogP contribution in [0.1, 0.15) is 11.3 Å². The van der Waals surface area contributed by atoms with E-state index in [4.69, 9.17) is 24.9 Å². The van der Waals surface area contributed by atoms with Gasteiger partial charge in [-0.1, -0.05) is 121 Å². The highest BCUT2D eigenvalue weighted by molar-refractivity contribution is 6.04. The molecule has 0 saturated carbocycles. The van der Waals surface area contributed by atoms with Crippen molar-refractivity contribution in [3.05, 3.63) is 151 Å². The average molecular weight is 592 g/mol. The lowest BCUT2D eigenvalue weighted by atomic mass is 9.99. The Morgan fingerprint density at radius 3 is 1.57 bits per heavy atom. The molecule has 5 heteroatoms. The summed E-state index contributed by atoms with van der Waals surface area (Å²) >= 11 is 0. The Morgan fingerprint density at radius 2 is 0.913 bits per heavy atom. The van der Waals surface area contributed by atoms with Crippen LogP contribution in [0, 0.1) is 13.8 Å². The van der Waals surface area contributed by atoms with Gasteiger partial charge in [0, 0.05) is 38.7 Å². The molecule has 5 nitrogen and oxygen atoms in total. The Labute approximate surface area is 267 Å². The van der Waals surface area contributed by atoms with Gasteiger partial charge in [-0.25, -0.2) is 19.9 Å². The third-order valence-corrected chi connectivity index (χ3v) is 8.31. The Hall–Kier alpha value is -6.07. The number of fused-ring (bicyclic) bond motifs is 3. The van der Waals surface area contributed by atoms with Crippen LogP contribution in [0.5, 0.6) is 0 Å². The Balaban J connectivity index is 1.16. The van der Waals surface area contributed by atoms with Crippen molar-refractivity contribution in [2.45, 2.75) is 13.8 Å². The molecule has 0 aliphatic carbocycles. The molecule has 218 valence electrons. The molecule has 3 aromatic heterocycles. The second-order valence-electron chi connectivity index (χ2n) is 11.5. The zero-order valence-electron chi connectivity index (χ0n) is 25.5. The van der Waals surface area contributed by atoms with Gasteiger partial charge in [-0.05, 0) is 48.7 Å². The lowest BCUT2D eigenvalue weighted by Crippen LogP contribution is -2.00. The van der Waals surface area contributed by atoms with Crippen molar-refractivity contribution in [3.63, 3.8) is 0 Å². The van der Waals surface area contributed by atoms with E-state index in [9.17, 15) is 0 Å². The fourth-order valence-corrected chi connectivity index (χ4v) is 5.97. The highest BCUT2D eigenvalue weighted by Gasteiger charge is 2.13. The molecule has 0 radical (unpaired) electrons. The van der Waals surface area contributed by atoms with Gasteiger partial charge >= 0.3 is 0 Å². The van der Waals surface area contributed by atoms with Gasteiger partial charge in [-0.15, -0.1) is 0 Å². The number of nitrogens with zero attached hydrogens (tertiary/aromatic N) is 5. The molecule has 0 aliphatic heterocycles. The second kappa shape index (κ2) is 11.5. The van der Waals surface area contributed by atoms with E-state index in [1.165, 1.54) is 5.56 Å². The molecule has 8 aromatic rings. The summed E-state index contributed by atoms with van der Waals surface area (Å²) < 4.78 is 0. The van der Waals surface area contributed by atoms with E-state index in [1.54, 1.807) is 0 Å². The van der Waals surface area contributed by atoms with Crippen LogP contribution in [0.25, 0.3) is 78.4 Å². The predicted molar refractivity (Wildman–Crippen MR) is 187 cm³/mol. The molecule has 0 atom stereocenters. The molecule has 8 rings (SSSR count). The number of hydrogen-bond donors (Lipinski definition) is 0. The average Bonchev–Trinajstić information content (AvgIpc) is 3.12. The second-order valence-corrected chi connectivity index (χ2v) is 11.5. The summed E-state index contributed by atoms with van der Waals surface area (Å²) in [6.07, 6.45) is 0. The fourth-order valence-electron chi connectivity index (χ4n) is 5.97. The van der Waals surface area contributed by atoms with Gasteiger partial charge in [0.2, 0.25) is 0 Å². The molecule has 0 amide bonds. The van der Waals surface area contributed by atoms with Gasteiger partial charge in [0.05, 0.1) is 16.7 Å². The Kier molecular flexibility index (Phi) is 6.84. The number of pyridine rings is 2. The molecule has 0 unspecified atom stereocenters. The van der Waals surface area contributed by atoms with Crippen molar-refractivity contribution < 1.29 is 0 Å².